The van der Waals surface area contributed by atoms with E-state index in [4.69, 9.17) is 9.84 Å². The molecule has 0 saturated carbocycles. The average Bonchev–Trinajstić information content (AvgIpc) is 2.85. The van der Waals surface area contributed by atoms with E-state index in [0.717, 1.165) is 32.4 Å². The normalized spacial score (nSPS) is 18.7. The quantitative estimate of drug-likeness (QED) is 0.641. The molecule has 0 radical (unpaired) electrons. The van der Waals surface area contributed by atoms with Crippen molar-refractivity contribution in [3.63, 3.8) is 0 Å². The highest BCUT2D eigenvalue weighted by Crippen LogP contribution is 2.34. The molecule has 1 N–H and O–H groups in total. The highest BCUT2D eigenvalue weighted by Gasteiger charge is 2.22. The molecule has 1 saturated heterocycles. The number of hydrogen-bond donors (Lipinski definition) is 1. The van der Waals surface area contributed by atoms with Crippen LogP contribution in [-0.2, 0) is 4.74 Å². The minimum Gasteiger partial charge on any atom is -0.450 e. The van der Waals surface area contributed by atoms with Gasteiger partial charge in [0.05, 0.1) is 0 Å². The number of carboxylic acid groups (broad SMARTS) is 1. The molecule has 0 amide bonds. The summed E-state index contributed by atoms with van der Waals surface area (Å²) in [7, 11) is 0. The van der Waals surface area contributed by atoms with Gasteiger partial charge in [-0.3, -0.25) is 4.90 Å². The predicted octanol–water partition coefficient (Wildman–Crippen LogP) is 5.15. The lowest BCUT2D eigenvalue weighted by Crippen LogP contribution is -2.40. The first-order chi connectivity index (χ1) is 13.7. The summed E-state index contributed by atoms with van der Waals surface area (Å²) in [4.78, 5) is 13.1. The summed E-state index contributed by atoms with van der Waals surface area (Å²) in [5.74, 6) is 0. The van der Waals surface area contributed by atoms with Crippen molar-refractivity contribution in [2.45, 2.75) is 25.4 Å². The molecule has 2 aromatic rings. The topological polar surface area (TPSA) is 49.8 Å². The Hall–Kier alpha value is -2.85. The average molecular weight is 375 g/mol. The van der Waals surface area contributed by atoms with Gasteiger partial charge in [0.2, 0.25) is 0 Å². The van der Waals surface area contributed by atoms with Crippen molar-refractivity contribution < 1.29 is 14.6 Å². The molecule has 0 aromatic heterocycles. The van der Waals surface area contributed by atoms with E-state index in [2.05, 4.69) is 71.7 Å². The van der Waals surface area contributed by atoms with Gasteiger partial charge in [0.25, 0.3) is 0 Å². The first-order valence-electron chi connectivity index (χ1n) is 9.90. The summed E-state index contributed by atoms with van der Waals surface area (Å²) < 4.78 is 4.98. The molecule has 0 bridgehead atoms. The summed E-state index contributed by atoms with van der Waals surface area (Å²) in [6.07, 6.45) is 8.03. The van der Waals surface area contributed by atoms with Crippen molar-refractivity contribution in [2.75, 3.05) is 19.6 Å². The van der Waals surface area contributed by atoms with Gasteiger partial charge in [0.15, 0.2) is 0 Å². The lowest BCUT2D eigenvalue weighted by molar-refractivity contribution is 0.0140. The van der Waals surface area contributed by atoms with Gasteiger partial charge in [-0.05, 0) is 53.6 Å². The molecule has 1 atom stereocenters. The number of fused-ring (bicyclic) bond motifs is 2. The van der Waals surface area contributed by atoms with Crippen LogP contribution in [0.4, 0.5) is 4.79 Å². The Balaban J connectivity index is 1.53. The molecule has 1 aliphatic heterocycles. The van der Waals surface area contributed by atoms with Crippen molar-refractivity contribution in [2.24, 2.45) is 0 Å². The lowest BCUT2D eigenvalue weighted by atomic mass is 9.92. The van der Waals surface area contributed by atoms with Crippen molar-refractivity contribution in [1.82, 2.24) is 4.90 Å². The Morgan fingerprint density at radius 1 is 1.07 bits per heavy atom. The second-order valence-corrected chi connectivity index (χ2v) is 7.36. The Morgan fingerprint density at radius 3 is 2.36 bits per heavy atom. The smallest absolute Gasteiger partial charge is 0.450 e. The van der Waals surface area contributed by atoms with Gasteiger partial charge in [-0.1, -0.05) is 66.8 Å². The fourth-order valence-electron chi connectivity index (χ4n) is 4.17. The van der Waals surface area contributed by atoms with Crippen molar-refractivity contribution in [3.05, 3.63) is 76.9 Å². The van der Waals surface area contributed by atoms with E-state index in [0.29, 0.717) is 6.54 Å². The van der Waals surface area contributed by atoms with Crippen LogP contribution in [0.25, 0.3) is 17.7 Å². The largest absolute Gasteiger partial charge is 0.506 e. The third-order valence-electron chi connectivity index (χ3n) is 5.47. The third kappa shape index (κ3) is 4.18. The molecule has 28 heavy (non-hydrogen) atoms. The van der Waals surface area contributed by atoms with E-state index in [1.165, 1.54) is 27.8 Å². The molecule has 2 aromatic carbocycles. The molecule has 4 rings (SSSR count). The second kappa shape index (κ2) is 8.44. The first-order valence-corrected chi connectivity index (χ1v) is 9.90. The zero-order valence-corrected chi connectivity index (χ0v) is 15.9. The summed E-state index contributed by atoms with van der Waals surface area (Å²) in [5.41, 5.74) is 6.26. The zero-order chi connectivity index (χ0) is 19.3. The summed E-state index contributed by atoms with van der Waals surface area (Å²) in [6, 6.07) is 17.0. The van der Waals surface area contributed by atoms with Crippen LogP contribution >= 0.6 is 0 Å². The van der Waals surface area contributed by atoms with E-state index >= 15 is 0 Å². The SMILES string of the molecule is O=C(O)OC1CCCN(CCC=C2c3ccccc3C=Cc3ccccc32)C1. The van der Waals surface area contributed by atoms with Gasteiger partial charge >= 0.3 is 6.16 Å². The molecule has 144 valence electrons. The van der Waals surface area contributed by atoms with E-state index in [1.807, 2.05) is 0 Å². The number of nitrogens with zero attached hydrogens (tertiary/aromatic N) is 1. The minimum atomic E-state index is -1.17. The van der Waals surface area contributed by atoms with Crippen LogP contribution in [0.5, 0.6) is 0 Å². The van der Waals surface area contributed by atoms with Crippen LogP contribution < -0.4 is 0 Å². The molecule has 1 unspecified atom stereocenters. The van der Waals surface area contributed by atoms with E-state index in [9.17, 15) is 4.79 Å². The Labute approximate surface area is 165 Å². The highest BCUT2D eigenvalue weighted by atomic mass is 16.7. The number of benzene rings is 2. The van der Waals surface area contributed by atoms with Crippen LogP contribution in [0.3, 0.4) is 0 Å². The van der Waals surface area contributed by atoms with Crippen LogP contribution in [0.2, 0.25) is 0 Å². The van der Waals surface area contributed by atoms with Crippen LogP contribution in [-0.4, -0.2) is 41.9 Å². The van der Waals surface area contributed by atoms with Gasteiger partial charge < -0.3 is 9.84 Å². The van der Waals surface area contributed by atoms with E-state index in [1.54, 1.807) is 0 Å². The Morgan fingerprint density at radius 2 is 1.71 bits per heavy atom. The van der Waals surface area contributed by atoms with Crippen LogP contribution in [0.1, 0.15) is 41.5 Å². The monoisotopic (exact) mass is 375 g/mol. The Kier molecular flexibility index (Phi) is 5.58. The number of piperidine rings is 1. The maximum absolute atomic E-state index is 10.8. The summed E-state index contributed by atoms with van der Waals surface area (Å²) in [6.45, 7) is 2.59. The van der Waals surface area contributed by atoms with E-state index in [-0.39, 0.29) is 6.10 Å². The summed E-state index contributed by atoms with van der Waals surface area (Å²) in [5, 5.41) is 8.85. The zero-order valence-electron chi connectivity index (χ0n) is 15.9. The van der Waals surface area contributed by atoms with Crippen molar-refractivity contribution in [3.8, 4) is 0 Å². The third-order valence-corrected chi connectivity index (χ3v) is 5.47. The fraction of sp³-hybridized carbons (Fsp3) is 0.292. The number of rotatable bonds is 4. The van der Waals surface area contributed by atoms with Gasteiger partial charge in [0.1, 0.15) is 6.10 Å². The van der Waals surface area contributed by atoms with Crippen molar-refractivity contribution >= 4 is 23.9 Å². The molecule has 1 aliphatic carbocycles. The maximum Gasteiger partial charge on any atom is 0.506 e. The van der Waals surface area contributed by atoms with Gasteiger partial charge in [0, 0.05) is 13.1 Å². The highest BCUT2D eigenvalue weighted by molar-refractivity contribution is 5.93. The predicted molar refractivity (Wildman–Crippen MR) is 112 cm³/mol. The van der Waals surface area contributed by atoms with Crippen LogP contribution in [0.15, 0.2) is 54.6 Å². The molecule has 1 fully saturated rings. The molecule has 0 spiro atoms. The van der Waals surface area contributed by atoms with Gasteiger partial charge in [-0.15, -0.1) is 0 Å². The minimum absolute atomic E-state index is 0.206. The number of carbonyl (C=O) groups is 1. The number of hydrogen-bond acceptors (Lipinski definition) is 3. The molecule has 4 heteroatoms. The number of likely N-dealkylation sites (tertiary alicyclic amines) is 1. The maximum atomic E-state index is 10.8. The standard InChI is InChI=1S/C24H25NO3/c26-24(27)28-20-9-5-15-25(17-20)16-6-12-23-21-10-3-1-7-18(21)13-14-19-8-2-4-11-22(19)23/h1-4,7-8,10-14,20H,5-6,9,15-17H2,(H,26,27). The first kappa shape index (κ1) is 18.5. The van der Waals surface area contributed by atoms with Gasteiger partial charge in [-0.2, -0.15) is 0 Å². The van der Waals surface area contributed by atoms with Crippen LogP contribution in [0, 0.1) is 0 Å². The molecule has 4 nitrogen and oxygen atoms in total. The van der Waals surface area contributed by atoms with Crippen molar-refractivity contribution in [1.29, 1.82) is 0 Å². The molecular formula is C24H25NO3. The fourth-order valence-corrected chi connectivity index (χ4v) is 4.17. The molecular weight excluding hydrogens is 350 g/mol. The molecule has 1 heterocycles. The summed E-state index contributed by atoms with van der Waals surface area (Å²) >= 11 is 0. The van der Waals surface area contributed by atoms with E-state index < -0.39 is 6.16 Å². The second-order valence-electron chi connectivity index (χ2n) is 7.36. The number of ether oxygens (including phenoxy) is 1. The Bertz CT molecular complexity index is 864. The lowest BCUT2D eigenvalue weighted by Gasteiger charge is -2.31. The molecule has 2 aliphatic rings. The van der Waals surface area contributed by atoms with Gasteiger partial charge in [-0.25, -0.2) is 4.79 Å².